The number of carbonyl (C=O) groups is 1. The Morgan fingerprint density at radius 2 is 2.12 bits per heavy atom. The van der Waals surface area contributed by atoms with E-state index < -0.39 is 0 Å². The van der Waals surface area contributed by atoms with Gasteiger partial charge in [0.05, 0.1) is 6.20 Å². The van der Waals surface area contributed by atoms with Crippen molar-refractivity contribution >= 4 is 5.91 Å². The van der Waals surface area contributed by atoms with Crippen molar-refractivity contribution in [3.05, 3.63) is 18.0 Å². The Hall–Kier alpha value is -1.36. The van der Waals surface area contributed by atoms with Gasteiger partial charge in [-0.05, 0) is 69.5 Å². The van der Waals surface area contributed by atoms with Crippen molar-refractivity contribution in [3.8, 4) is 0 Å². The Morgan fingerprint density at radius 1 is 1.28 bits per heavy atom. The summed E-state index contributed by atoms with van der Waals surface area (Å²) >= 11 is 0. The first-order chi connectivity index (χ1) is 12.1. The van der Waals surface area contributed by atoms with Crippen LogP contribution in [0.25, 0.3) is 0 Å². The van der Waals surface area contributed by atoms with E-state index in [1.54, 1.807) is 0 Å². The predicted molar refractivity (Wildman–Crippen MR) is 100 cm³/mol. The van der Waals surface area contributed by atoms with Crippen molar-refractivity contribution in [3.63, 3.8) is 0 Å². The second kappa shape index (κ2) is 8.84. The first-order valence-electron chi connectivity index (χ1n) is 10.1. The van der Waals surface area contributed by atoms with Gasteiger partial charge in [-0.1, -0.05) is 6.42 Å². The van der Waals surface area contributed by atoms with Gasteiger partial charge in [-0.15, -0.1) is 0 Å². The summed E-state index contributed by atoms with van der Waals surface area (Å²) in [5, 5.41) is 4.20. The lowest BCUT2D eigenvalue weighted by molar-refractivity contribution is -0.130. The fourth-order valence-electron chi connectivity index (χ4n) is 4.66. The summed E-state index contributed by atoms with van der Waals surface area (Å²) in [6, 6.07) is 0.756. The third kappa shape index (κ3) is 5.06. The van der Waals surface area contributed by atoms with Gasteiger partial charge in [0.2, 0.25) is 5.91 Å². The van der Waals surface area contributed by atoms with E-state index in [1.165, 1.54) is 50.8 Å². The molecular weight excluding hydrogens is 312 g/mol. The first kappa shape index (κ1) is 18.4. The maximum Gasteiger partial charge on any atom is 0.222 e. The number of carbonyl (C=O) groups excluding carboxylic acids is 1. The molecule has 3 rings (SSSR count). The maximum atomic E-state index is 12.5. The topological polar surface area (TPSA) is 41.4 Å². The van der Waals surface area contributed by atoms with Crippen molar-refractivity contribution < 1.29 is 4.79 Å². The zero-order chi connectivity index (χ0) is 17.6. The summed E-state index contributed by atoms with van der Waals surface area (Å²) in [6.45, 7) is 3.40. The number of aromatic nitrogens is 2. The molecule has 5 heteroatoms. The Kier molecular flexibility index (Phi) is 6.51. The average molecular weight is 347 g/mol. The van der Waals surface area contributed by atoms with E-state index >= 15 is 0 Å². The van der Waals surface area contributed by atoms with Gasteiger partial charge in [-0.2, -0.15) is 5.10 Å². The number of piperidine rings is 2. The Balaban J connectivity index is 1.37. The molecule has 25 heavy (non-hydrogen) atoms. The lowest BCUT2D eigenvalue weighted by Crippen LogP contribution is -2.48. The smallest absolute Gasteiger partial charge is 0.222 e. The fraction of sp³-hybridized carbons (Fsp3) is 0.800. The molecule has 2 aliphatic rings. The summed E-state index contributed by atoms with van der Waals surface area (Å²) in [6.07, 6.45) is 14.5. The van der Waals surface area contributed by atoms with Gasteiger partial charge in [-0.25, -0.2) is 0 Å². The van der Waals surface area contributed by atoms with Crippen LogP contribution in [0.2, 0.25) is 0 Å². The monoisotopic (exact) mass is 346 g/mol. The number of hydrogen-bond acceptors (Lipinski definition) is 3. The number of fused-ring (bicyclic) bond motifs is 1. The van der Waals surface area contributed by atoms with E-state index in [0.29, 0.717) is 5.91 Å². The third-order valence-corrected chi connectivity index (χ3v) is 6.10. The Labute approximate surface area is 152 Å². The van der Waals surface area contributed by atoms with Crippen LogP contribution >= 0.6 is 0 Å². The number of nitrogens with zero attached hydrogens (tertiary/aromatic N) is 4. The number of aryl methyl sites for hydroxylation is 2. The molecule has 2 fully saturated rings. The number of hydrogen-bond donors (Lipinski definition) is 0. The lowest BCUT2D eigenvalue weighted by atomic mass is 9.81. The molecule has 0 radical (unpaired) electrons. The molecule has 0 N–H and O–H groups in total. The van der Waals surface area contributed by atoms with Crippen molar-refractivity contribution in [1.29, 1.82) is 0 Å². The summed E-state index contributed by atoms with van der Waals surface area (Å²) in [5.74, 6) is 1.06. The van der Waals surface area contributed by atoms with E-state index in [4.69, 9.17) is 0 Å². The summed E-state index contributed by atoms with van der Waals surface area (Å²) in [7, 11) is 3.90. The van der Waals surface area contributed by atoms with Gasteiger partial charge in [0.15, 0.2) is 0 Å². The van der Waals surface area contributed by atoms with Crippen LogP contribution < -0.4 is 0 Å². The van der Waals surface area contributed by atoms with Gasteiger partial charge in [0.25, 0.3) is 0 Å². The van der Waals surface area contributed by atoms with E-state index in [1.807, 2.05) is 29.9 Å². The molecule has 2 atom stereocenters. The highest BCUT2D eigenvalue weighted by Crippen LogP contribution is 2.33. The second-order valence-corrected chi connectivity index (χ2v) is 7.98. The standard InChI is InChI=1S/C20H34N4O/c1-22(12-5-7-17-15-21-23(2)16-17)20(25)11-10-18-8-6-14-24-13-4-3-9-19(18)24/h15-16,18-19H,3-14H2,1-2H3/t18-,19+/m0/s1. The minimum Gasteiger partial charge on any atom is -0.346 e. The second-order valence-electron chi connectivity index (χ2n) is 7.98. The number of amides is 1. The molecule has 1 amide bonds. The fourth-order valence-corrected chi connectivity index (χ4v) is 4.66. The predicted octanol–water partition coefficient (Wildman–Crippen LogP) is 2.86. The van der Waals surface area contributed by atoms with Crippen LogP contribution in [0.3, 0.4) is 0 Å². The van der Waals surface area contributed by atoms with Crippen molar-refractivity contribution in [2.45, 2.75) is 63.8 Å². The van der Waals surface area contributed by atoms with E-state index in [2.05, 4.69) is 16.2 Å². The zero-order valence-corrected chi connectivity index (χ0v) is 16.0. The van der Waals surface area contributed by atoms with Crippen LogP contribution in [0.4, 0.5) is 0 Å². The van der Waals surface area contributed by atoms with E-state index in [-0.39, 0.29) is 0 Å². The van der Waals surface area contributed by atoms with Crippen molar-refractivity contribution in [2.24, 2.45) is 13.0 Å². The highest BCUT2D eigenvalue weighted by molar-refractivity contribution is 5.75. The average Bonchev–Trinajstić information content (AvgIpc) is 3.04. The van der Waals surface area contributed by atoms with Crippen LogP contribution in [-0.4, -0.2) is 58.2 Å². The summed E-state index contributed by atoms with van der Waals surface area (Å²) < 4.78 is 1.84. The largest absolute Gasteiger partial charge is 0.346 e. The van der Waals surface area contributed by atoms with Crippen LogP contribution in [0.15, 0.2) is 12.4 Å². The third-order valence-electron chi connectivity index (χ3n) is 6.10. The molecule has 0 aromatic carbocycles. The highest BCUT2D eigenvalue weighted by atomic mass is 16.2. The van der Waals surface area contributed by atoms with Crippen molar-refractivity contribution in [2.75, 3.05) is 26.7 Å². The van der Waals surface area contributed by atoms with Crippen LogP contribution in [-0.2, 0) is 18.3 Å². The van der Waals surface area contributed by atoms with Gasteiger partial charge < -0.3 is 9.80 Å². The molecule has 0 saturated carbocycles. The molecule has 140 valence electrons. The molecule has 0 aliphatic carbocycles. The van der Waals surface area contributed by atoms with Gasteiger partial charge in [0.1, 0.15) is 0 Å². The quantitative estimate of drug-likeness (QED) is 0.762. The zero-order valence-electron chi connectivity index (χ0n) is 16.0. The summed E-state index contributed by atoms with van der Waals surface area (Å²) in [5.41, 5.74) is 1.25. The SMILES string of the molecule is CN(CCCc1cnn(C)c1)C(=O)CC[C@@H]1CCCN2CCCC[C@H]12. The molecule has 0 unspecified atom stereocenters. The lowest BCUT2D eigenvalue weighted by Gasteiger charge is -2.44. The molecule has 2 saturated heterocycles. The molecule has 0 bridgehead atoms. The Morgan fingerprint density at radius 3 is 2.92 bits per heavy atom. The maximum absolute atomic E-state index is 12.5. The molecule has 1 aromatic rings. The highest BCUT2D eigenvalue weighted by Gasteiger charge is 2.32. The van der Waals surface area contributed by atoms with Crippen LogP contribution in [0, 0.1) is 5.92 Å². The van der Waals surface area contributed by atoms with Gasteiger partial charge in [0, 0.05) is 39.3 Å². The molecule has 0 spiro atoms. The minimum absolute atomic E-state index is 0.319. The van der Waals surface area contributed by atoms with Crippen LogP contribution in [0.1, 0.15) is 56.9 Å². The Bertz CT molecular complexity index is 554. The molecule has 1 aromatic heterocycles. The molecule has 5 nitrogen and oxygen atoms in total. The van der Waals surface area contributed by atoms with Crippen LogP contribution in [0.5, 0.6) is 0 Å². The van der Waals surface area contributed by atoms with E-state index in [9.17, 15) is 4.79 Å². The first-order valence-corrected chi connectivity index (χ1v) is 10.1. The minimum atomic E-state index is 0.319. The van der Waals surface area contributed by atoms with E-state index in [0.717, 1.165) is 44.2 Å². The molecule has 3 heterocycles. The normalized spacial score (nSPS) is 24.1. The van der Waals surface area contributed by atoms with Crippen molar-refractivity contribution in [1.82, 2.24) is 19.6 Å². The number of rotatable bonds is 7. The van der Waals surface area contributed by atoms with Gasteiger partial charge >= 0.3 is 0 Å². The molecule has 2 aliphatic heterocycles. The van der Waals surface area contributed by atoms with Gasteiger partial charge in [-0.3, -0.25) is 9.48 Å². The molecular formula is C20H34N4O. The summed E-state index contributed by atoms with van der Waals surface area (Å²) in [4.78, 5) is 17.1.